The average molecular weight is 347 g/mol. The SMILES string of the molecule is COCc1c(C(=O)NCCCn2ccnc2)sc2cccc(F)c12. The molecule has 1 amide bonds. The van der Waals surface area contributed by atoms with Gasteiger partial charge >= 0.3 is 0 Å². The lowest BCUT2D eigenvalue weighted by Gasteiger charge is -2.07. The number of halogens is 1. The van der Waals surface area contributed by atoms with E-state index in [0.29, 0.717) is 22.4 Å². The Bertz CT molecular complexity index is 830. The van der Waals surface area contributed by atoms with Crippen molar-refractivity contribution in [2.45, 2.75) is 19.6 Å². The Balaban J connectivity index is 1.71. The van der Waals surface area contributed by atoms with Gasteiger partial charge in [-0.25, -0.2) is 9.37 Å². The Morgan fingerprint density at radius 3 is 3.08 bits per heavy atom. The van der Waals surface area contributed by atoms with Crippen LogP contribution in [0.5, 0.6) is 0 Å². The smallest absolute Gasteiger partial charge is 0.261 e. The van der Waals surface area contributed by atoms with Crippen LogP contribution in [-0.4, -0.2) is 29.1 Å². The maximum Gasteiger partial charge on any atom is 0.261 e. The molecular weight excluding hydrogens is 329 g/mol. The lowest BCUT2D eigenvalue weighted by molar-refractivity contribution is 0.0952. The molecule has 2 aromatic heterocycles. The van der Waals surface area contributed by atoms with Crippen molar-refractivity contribution in [2.75, 3.05) is 13.7 Å². The average Bonchev–Trinajstić information content (AvgIpc) is 3.20. The van der Waals surface area contributed by atoms with Crippen LogP contribution in [0.15, 0.2) is 36.9 Å². The summed E-state index contributed by atoms with van der Waals surface area (Å²) in [5.74, 6) is -0.511. The molecule has 24 heavy (non-hydrogen) atoms. The molecule has 0 aliphatic heterocycles. The molecule has 0 radical (unpaired) electrons. The van der Waals surface area contributed by atoms with Crippen molar-refractivity contribution in [3.63, 3.8) is 0 Å². The molecule has 7 heteroatoms. The fourth-order valence-corrected chi connectivity index (χ4v) is 3.73. The minimum Gasteiger partial charge on any atom is -0.380 e. The summed E-state index contributed by atoms with van der Waals surface area (Å²) in [4.78, 5) is 17.0. The molecule has 126 valence electrons. The first-order valence-corrected chi connectivity index (χ1v) is 8.45. The van der Waals surface area contributed by atoms with Crippen LogP contribution >= 0.6 is 11.3 Å². The highest BCUT2D eigenvalue weighted by Gasteiger charge is 2.20. The number of fused-ring (bicyclic) bond motifs is 1. The number of rotatable bonds is 7. The molecule has 0 bridgehead atoms. The summed E-state index contributed by atoms with van der Waals surface area (Å²) in [5.41, 5.74) is 0.614. The number of methoxy groups -OCH3 is 1. The first-order valence-electron chi connectivity index (χ1n) is 7.63. The Labute approximate surface area is 143 Å². The molecule has 5 nitrogen and oxygen atoms in total. The number of hydrogen-bond acceptors (Lipinski definition) is 4. The largest absolute Gasteiger partial charge is 0.380 e. The van der Waals surface area contributed by atoms with E-state index in [2.05, 4.69) is 10.3 Å². The van der Waals surface area contributed by atoms with Crippen molar-refractivity contribution in [3.05, 3.63) is 53.2 Å². The number of carbonyl (C=O) groups is 1. The van der Waals surface area contributed by atoms with Gasteiger partial charge in [-0.2, -0.15) is 0 Å². The van der Waals surface area contributed by atoms with Crippen LogP contribution < -0.4 is 5.32 Å². The maximum atomic E-state index is 14.1. The zero-order chi connectivity index (χ0) is 16.9. The number of benzene rings is 1. The van der Waals surface area contributed by atoms with Gasteiger partial charge in [-0.1, -0.05) is 6.07 Å². The predicted octanol–water partition coefficient (Wildman–Crippen LogP) is 3.20. The number of aromatic nitrogens is 2. The molecule has 2 heterocycles. The molecular formula is C17H18FN3O2S. The number of thiophene rings is 1. The second-order valence-corrected chi connectivity index (χ2v) is 6.42. The van der Waals surface area contributed by atoms with Crippen molar-refractivity contribution in [1.29, 1.82) is 0 Å². The third kappa shape index (κ3) is 3.47. The minimum absolute atomic E-state index is 0.187. The van der Waals surface area contributed by atoms with Gasteiger partial charge in [-0.3, -0.25) is 4.79 Å². The molecule has 0 fully saturated rings. The Kier molecular flexibility index (Phi) is 5.22. The fourth-order valence-electron chi connectivity index (χ4n) is 2.60. The quantitative estimate of drug-likeness (QED) is 0.668. The van der Waals surface area contributed by atoms with Gasteiger partial charge in [0.15, 0.2) is 0 Å². The fraction of sp³-hybridized carbons (Fsp3) is 0.294. The molecule has 0 saturated heterocycles. The van der Waals surface area contributed by atoms with E-state index < -0.39 is 0 Å². The van der Waals surface area contributed by atoms with Gasteiger partial charge in [0.25, 0.3) is 5.91 Å². The summed E-state index contributed by atoms with van der Waals surface area (Å²) in [7, 11) is 1.54. The van der Waals surface area contributed by atoms with Gasteiger partial charge in [0.1, 0.15) is 5.82 Å². The molecule has 3 aromatic rings. The van der Waals surface area contributed by atoms with Crippen LogP contribution in [0, 0.1) is 5.82 Å². The van der Waals surface area contributed by atoms with Crippen LogP contribution in [0.4, 0.5) is 4.39 Å². The van der Waals surface area contributed by atoms with E-state index in [9.17, 15) is 9.18 Å². The molecule has 0 unspecified atom stereocenters. The number of nitrogens with one attached hydrogen (secondary N) is 1. The molecule has 1 N–H and O–H groups in total. The lowest BCUT2D eigenvalue weighted by Crippen LogP contribution is -2.25. The van der Waals surface area contributed by atoms with E-state index in [-0.39, 0.29) is 18.3 Å². The molecule has 0 aliphatic carbocycles. The molecule has 1 aromatic carbocycles. The summed E-state index contributed by atoms with van der Waals surface area (Å²) in [6.07, 6.45) is 6.14. The maximum absolute atomic E-state index is 14.1. The highest BCUT2D eigenvalue weighted by Crippen LogP contribution is 2.33. The van der Waals surface area contributed by atoms with E-state index >= 15 is 0 Å². The minimum atomic E-state index is -0.324. The van der Waals surface area contributed by atoms with Crippen LogP contribution in [0.3, 0.4) is 0 Å². The highest BCUT2D eigenvalue weighted by molar-refractivity contribution is 7.21. The third-order valence-corrected chi connectivity index (χ3v) is 4.89. The number of aryl methyl sites for hydroxylation is 1. The van der Waals surface area contributed by atoms with Crippen molar-refractivity contribution < 1.29 is 13.9 Å². The number of imidazole rings is 1. The predicted molar refractivity (Wildman–Crippen MR) is 91.7 cm³/mol. The lowest BCUT2D eigenvalue weighted by atomic mass is 10.1. The summed E-state index contributed by atoms with van der Waals surface area (Å²) in [6.45, 7) is 1.53. The van der Waals surface area contributed by atoms with Crippen molar-refractivity contribution in [2.24, 2.45) is 0 Å². The topological polar surface area (TPSA) is 56.1 Å². The standard InChI is InChI=1S/C17H18FN3O2S/c1-23-10-12-15-13(18)4-2-5-14(15)24-16(12)17(22)20-6-3-8-21-9-7-19-11-21/h2,4-5,7,9,11H,3,6,8,10H2,1H3,(H,20,22). The van der Waals surface area contributed by atoms with Gasteiger partial charge in [-0.15, -0.1) is 11.3 Å². The second kappa shape index (κ2) is 7.55. The van der Waals surface area contributed by atoms with Crippen molar-refractivity contribution >= 4 is 27.3 Å². The Hall–Kier alpha value is -2.25. The zero-order valence-corrected chi connectivity index (χ0v) is 14.1. The van der Waals surface area contributed by atoms with Crippen molar-refractivity contribution in [3.8, 4) is 0 Å². The van der Waals surface area contributed by atoms with Crippen LogP contribution in [0.25, 0.3) is 10.1 Å². The van der Waals surface area contributed by atoms with E-state index in [1.807, 2.05) is 16.8 Å². The highest BCUT2D eigenvalue weighted by atomic mass is 32.1. The zero-order valence-electron chi connectivity index (χ0n) is 13.3. The van der Waals surface area contributed by atoms with Gasteiger partial charge in [0.2, 0.25) is 0 Å². The van der Waals surface area contributed by atoms with Gasteiger partial charge in [0, 0.05) is 48.2 Å². The normalized spacial score (nSPS) is 11.1. The summed E-state index contributed by atoms with van der Waals surface area (Å²) < 4.78 is 22.0. The van der Waals surface area contributed by atoms with Crippen LogP contribution in [-0.2, 0) is 17.9 Å². The summed E-state index contributed by atoms with van der Waals surface area (Å²) in [5, 5.41) is 3.38. The monoisotopic (exact) mass is 347 g/mol. The molecule has 0 atom stereocenters. The van der Waals surface area contributed by atoms with Gasteiger partial charge < -0.3 is 14.6 Å². The summed E-state index contributed by atoms with van der Waals surface area (Å²) in [6, 6.07) is 4.87. The van der Waals surface area contributed by atoms with E-state index in [4.69, 9.17) is 4.74 Å². The van der Waals surface area contributed by atoms with Crippen molar-refractivity contribution in [1.82, 2.24) is 14.9 Å². The van der Waals surface area contributed by atoms with Gasteiger partial charge in [0.05, 0.1) is 17.8 Å². The number of ether oxygens (including phenoxy) is 1. The van der Waals surface area contributed by atoms with Gasteiger partial charge in [-0.05, 0) is 18.6 Å². The first kappa shape index (κ1) is 16.6. The number of hydrogen-bond donors (Lipinski definition) is 1. The number of carbonyl (C=O) groups excluding carboxylic acids is 1. The summed E-state index contributed by atoms with van der Waals surface area (Å²) >= 11 is 1.29. The molecule has 3 rings (SSSR count). The number of amides is 1. The van der Waals surface area contributed by atoms with E-state index in [1.54, 1.807) is 18.6 Å². The Morgan fingerprint density at radius 2 is 2.33 bits per heavy atom. The molecule has 0 spiro atoms. The van der Waals surface area contributed by atoms with E-state index in [0.717, 1.165) is 17.7 Å². The number of nitrogens with zero attached hydrogens (tertiary/aromatic N) is 2. The van der Waals surface area contributed by atoms with Crippen LogP contribution in [0.2, 0.25) is 0 Å². The van der Waals surface area contributed by atoms with Crippen LogP contribution in [0.1, 0.15) is 21.7 Å². The first-order chi connectivity index (χ1) is 11.7. The molecule has 0 saturated carbocycles. The third-order valence-electron chi connectivity index (χ3n) is 3.70. The molecule has 0 aliphatic rings. The Morgan fingerprint density at radius 1 is 1.46 bits per heavy atom. The van der Waals surface area contributed by atoms with E-state index in [1.165, 1.54) is 24.5 Å². The second-order valence-electron chi connectivity index (χ2n) is 5.37.